The van der Waals surface area contributed by atoms with Crippen LogP contribution in [0, 0.1) is 0 Å². The molecule has 1 saturated heterocycles. The molecule has 3 aliphatic heterocycles. The number of ether oxygens (including phenoxy) is 1. The number of aliphatic hydroxyl groups excluding tert-OH is 1. The van der Waals surface area contributed by atoms with Crippen molar-refractivity contribution in [3.05, 3.63) is 29.3 Å². The number of nitrogens with one attached hydrogen (secondary N) is 1. The summed E-state index contributed by atoms with van der Waals surface area (Å²) in [6.45, 7) is 2.78. The van der Waals surface area contributed by atoms with E-state index in [4.69, 9.17) is 4.74 Å². The Morgan fingerprint density at radius 2 is 1.90 bits per heavy atom. The molecule has 29 heavy (non-hydrogen) atoms. The molecule has 3 atom stereocenters. The number of rotatable bonds is 4. The number of hydrogen-bond donors (Lipinski definition) is 2. The van der Waals surface area contributed by atoms with Crippen LogP contribution in [0.1, 0.15) is 60.9 Å². The van der Waals surface area contributed by atoms with Gasteiger partial charge in [0, 0.05) is 18.2 Å². The smallest absolute Gasteiger partial charge is 0.388 e. The molecule has 154 valence electrons. The summed E-state index contributed by atoms with van der Waals surface area (Å²) in [6, 6.07) is 5.75. The first kappa shape index (κ1) is 18.6. The van der Waals surface area contributed by atoms with Crippen molar-refractivity contribution in [1.29, 1.82) is 0 Å². The summed E-state index contributed by atoms with van der Waals surface area (Å²) >= 11 is 0. The third-order valence-electron chi connectivity index (χ3n) is 6.83. The van der Waals surface area contributed by atoms with Crippen LogP contribution in [0.3, 0.4) is 0 Å². The third-order valence-corrected chi connectivity index (χ3v) is 6.83. The Labute approximate surface area is 170 Å². The zero-order chi connectivity index (χ0) is 20.0. The van der Waals surface area contributed by atoms with Crippen molar-refractivity contribution < 1.29 is 24.4 Å². The molecule has 2 N–H and O–H groups in total. The van der Waals surface area contributed by atoms with Gasteiger partial charge in [-0.05, 0) is 75.4 Å². The molecule has 4 aliphatic rings. The molecule has 0 radical (unpaired) electrons. The van der Waals surface area contributed by atoms with Gasteiger partial charge in [-0.1, -0.05) is 0 Å². The van der Waals surface area contributed by atoms with E-state index in [1.165, 1.54) is 38.8 Å². The Kier molecular flexibility index (Phi) is 4.78. The van der Waals surface area contributed by atoms with Crippen LogP contribution in [0.2, 0.25) is 0 Å². The van der Waals surface area contributed by atoms with E-state index in [0.29, 0.717) is 31.0 Å². The van der Waals surface area contributed by atoms with E-state index >= 15 is 0 Å². The van der Waals surface area contributed by atoms with Crippen molar-refractivity contribution in [3.63, 3.8) is 0 Å². The molecule has 5 rings (SSSR count). The maximum absolute atomic E-state index is 12.8. The standard InChI is InChI=1S/C22H27N3O4/c26-20-9-8-18(21(27)23-20)25-13-14-12-15(6-7-16(14)22(25)28)29-19-5-3-4-17(19)24-10-1-2-11-24/h6-7,12,17-19H,1-5,8-11,13H2,(H,23,26,27)/p+1/t17-,18?,19-/m0/s1. The number of likely N-dealkylation sites (tertiary alicyclic amines) is 1. The zero-order valence-corrected chi connectivity index (χ0v) is 16.6. The van der Waals surface area contributed by atoms with E-state index in [9.17, 15) is 14.7 Å². The lowest BCUT2D eigenvalue weighted by molar-refractivity contribution is -0.394. The van der Waals surface area contributed by atoms with E-state index < -0.39 is 6.04 Å². The quantitative estimate of drug-likeness (QED) is 0.783. The fourth-order valence-corrected chi connectivity index (χ4v) is 5.35. The molecule has 1 aromatic rings. The van der Waals surface area contributed by atoms with Crippen LogP contribution in [-0.2, 0) is 11.3 Å². The van der Waals surface area contributed by atoms with Gasteiger partial charge >= 0.3 is 11.8 Å². The highest BCUT2D eigenvalue weighted by molar-refractivity contribution is 6.01. The van der Waals surface area contributed by atoms with E-state index in [0.717, 1.165) is 17.7 Å². The number of hydrogen-bond acceptors (Lipinski definition) is 4. The number of benzene rings is 1. The second-order valence-corrected chi connectivity index (χ2v) is 8.64. The van der Waals surface area contributed by atoms with Crippen molar-refractivity contribution >= 4 is 17.7 Å². The summed E-state index contributed by atoms with van der Waals surface area (Å²) in [7, 11) is 0. The molecule has 1 aromatic carbocycles. The van der Waals surface area contributed by atoms with Crippen LogP contribution >= 0.6 is 0 Å². The molecule has 7 heteroatoms. The van der Waals surface area contributed by atoms with Crippen LogP contribution in [0.5, 0.6) is 5.75 Å². The minimum absolute atomic E-state index is 0.102. The van der Waals surface area contributed by atoms with Gasteiger partial charge < -0.3 is 14.7 Å². The third kappa shape index (κ3) is 3.41. The Bertz CT molecular complexity index is 862. The van der Waals surface area contributed by atoms with Gasteiger partial charge in [0.15, 0.2) is 6.04 Å². The molecular weight excluding hydrogens is 370 g/mol. The van der Waals surface area contributed by atoms with Crippen LogP contribution < -0.4 is 9.73 Å². The summed E-state index contributed by atoms with van der Waals surface area (Å²) in [5.74, 6) is 0.385. The number of nitrogens with zero attached hydrogens (tertiary/aromatic N) is 2. The summed E-state index contributed by atoms with van der Waals surface area (Å²) < 4.78 is 6.39. The van der Waals surface area contributed by atoms with Crippen molar-refractivity contribution in [2.24, 2.45) is 0 Å². The molecule has 7 nitrogen and oxygen atoms in total. The van der Waals surface area contributed by atoms with Crippen LogP contribution in [0.25, 0.3) is 0 Å². The molecule has 2 fully saturated rings. The largest absolute Gasteiger partial charge is 0.489 e. The number of carbonyl (C=O) groups is 2. The molecule has 0 bridgehead atoms. The number of carbonyl (C=O) groups excluding carboxylic acids is 2. The number of fused-ring (bicyclic) bond motifs is 1. The highest BCUT2D eigenvalue weighted by Gasteiger charge is 2.41. The molecule has 0 aromatic heterocycles. The van der Waals surface area contributed by atoms with Crippen LogP contribution in [0.4, 0.5) is 0 Å². The number of amides is 2. The summed E-state index contributed by atoms with van der Waals surface area (Å²) in [4.78, 5) is 31.0. The second-order valence-electron chi connectivity index (χ2n) is 8.64. The molecule has 1 aliphatic carbocycles. The molecular formula is C22H28N3O4+. The molecule has 3 heterocycles. The van der Waals surface area contributed by atoms with Crippen molar-refractivity contribution in [3.8, 4) is 5.75 Å². The average Bonchev–Trinajstić information content (AvgIpc) is 3.43. The van der Waals surface area contributed by atoms with E-state index in [1.54, 1.807) is 4.90 Å². The predicted octanol–water partition coefficient (Wildman–Crippen LogP) is 0.764. The molecule has 1 unspecified atom stereocenters. The van der Waals surface area contributed by atoms with Gasteiger partial charge in [0.2, 0.25) is 0 Å². The van der Waals surface area contributed by atoms with Crippen molar-refractivity contribution in [1.82, 2.24) is 9.80 Å². The van der Waals surface area contributed by atoms with E-state index in [2.05, 4.69) is 9.89 Å². The fourth-order valence-electron chi connectivity index (χ4n) is 5.35. The lowest BCUT2D eigenvalue weighted by Gasteiger charge is -2.29. The van der Waals surface area contributed by atoms with E-state index in [-0.39, 0.29) is 23.8 Å². The number of aliphatic hydroxyl groups is 1. The molecule has 0 spiro atoms. The summed E-state index contributed by atoms with van der Waals surface area (Å²) in [5, 5.41) is 10.1. The highest BCUT2D eigenvalue weighted by atomic mass is 16.5. The van der Waals surface area contributed by atoms with Crippen molar-refractivity contribution in [2.75, 3.05) is 13.1 Å². The van der Waals surface area contributed by atoms with Gasteiger partial charge in [-0.2, -0.15) is 0 Å². The van der Waals surface area contributed by atoms with E-state index in [1.807, 2.05) is 18.2 Å². The first-order chi connectivity index (χ1) is 14.1. The maximum atomic E-state index is 12.8. The minimum atomic E-state index is -0.466. The highest BCUT2D eigenvalue weighted by Crippen LogP contribution is 2.33. The lowest BCUT2D eigenvalue weighted by atomic mass is 10.1. The Balaban J connectivity index is 1.31. The van der Waals surface area contributed by atoms with Gasteiger partial charge in [-0.25, -0.2) is 4.79 Å². The molecule has 1 saturated carbocycles. The predicted molar refractivity (Wildman–Crippen MR) is 106 cm³/mol. The van der Waals surface area contributed by atoms with Gasteiger partial charge in [0.25, 0.3) is 5.91 Å². The average molecular weight is 398 g/mol. The first-order valence-corrected chi connectivity index (χ1v) is 10.8. The van der Waals surface area contributed by atoms with Crippen molar-refractivity contribution in [2.45, 2.75) is 69.7 Å². The minimum Gasteiger partial charge on any atom is -0.489 e. The van der Waals surface area contributed by atoms with Gasteiger partial charge in [-0.3, -0.25) is 9.69 Å². The van der Waals surface area contributed by atoms with Gasteiger partial charge in [0.1, 0.15) is 11.9 Å². The van der Waals surface area contributed by atoms with Crippen LogP contribution in [0.15, 0.2) is 18.2 Å². The Morgan fingerprint density at radius 1 is 1.07 bits per heavy atom. The van der Waals surface area contributed by atoms with Crippen LogP contribution in [-0.4, -0.2) is 63.9 Å². The summed E-state index contributed by atoms with van der Waals surface area (Å²) in [6.07, 6.45) is 7.01. The van der Waals surface area contributed by atoms with Gasteiger partial charge in [-0.15, -0.1) is 4.99 Å². The summed E-state index contributed by atoms with van der Waals surface area (Å²) in [5.41, 5.74) is 1.58. The molecule has 2 amide bonds. The SMILES string of the molecule is O=C1CCC(N2Cc3cc(O[C@H]4CCC[C@@H]4N4CCCC4)ccc3C2=O)C(O)=[NH+]1. The first-order valence-electron chi connectivity index (χ1n) is 10.8. The Morgan fingerprint density at radius 3 is 2.69 bits per heavy atom. The monoisotopic (exact) mass is 398 g/mol. The lowest BCUT2D eigenvalue weighted by Crippen LogP contribution is -2.82. The fraction of sp³-hybridized carbons (Fsp3) is 0.591. The normalized spacial score (nSPS) is 30.0. The topological polar surface area (TPSA) is 84.0 Å². The zero-order valence-electron chi connectivity index (χ0n) is 16.6. The Hall–Kier alpha value is -2.41. The maximum Gasteiger partial charge on any atom is 0.388 e. The van der Waals surface area contributed by atoms with Gasteiger partial charge in [0.05, 0.1) is 6.42 Å². The second kappa shape index (κ2) is 7.44.